The normalized spacial score (nSPS) is 12.7. The zero-order valence-corrected chi connectivity index (χ0v) is 12.2. The summed E-state index contributed by atoms with van der Waals surface area (Å²) in [5, 5.41) is 12.1. The fourth-order valence-electron chi connectivity index (χ4n) is 2.83. The lowest BCUT2D eigenvalue weighted by Crippen LogP contribution is -2.12. The molecular weight excluding hydrogens is 252 g/mol. The number of nitrogens with one attached hydrogen (secondary N) is 1. The van der Waals surface area contributed by atoms with E-state index < -0.39 is 0 Å². The number of hydrogen-bond donors (Lipinski definition) is 1. The number of aromatic nitrogens is 1. The van der Waals surface area contributed by atoms with E-state index in [0.717, 1.165) is 42.1 Å². The van der Waals surface area contributed by atoms with Crippen LogP contribution in [0, 0.1) is 17.0 Å². The van der Waals surface area contributed by atoms with Crippen molar-refractivity contribution in [2.45, 2.75) is 45.4 Å². The first-order valence-corrected chi connectivity index (χ1v) is 7.32. The molecule has 0 fully saturated rings. The summed E-state index contributed by atoms with van der Waals surface area (Å²) >= 11 is 0. The molecule has 0 spiro atoms. The Balaban J connectivity index is 2.30. The Morgan fingerprint density at radius 2 is 2.15 bits per heavy atom. The van der Waals surface area contributed by atoms with Crippen LogP contribution < -0.4 is 0 Å². The molecular formula is C16H22N2O2. The van der Waals surface area contributed by atoms with Gasteiger partial charge in [-0.15, -0.1) is 0 Å². The highest BCUT2D eigenvalue weighted by Gasteiger charge is 2.21. The first kappa shape index (κ1) is 14.6. The molecule has 0 saturated carbocycles. The van der Waals surface area contributed by atoms with Crippen molar-refractivity contribution >= 4 is 10.9 Å². The van der Waals surface area contributed by atoms with Crippen molar-refractivity contribution in [3.8, 4) is 0 Å². The third-order valence-corrected chi connectivity index (χ3v) is 3.92. The van der Waals surface area contributed by atoms with Crippen LogP contribution in [0.15, 0.2) is 24.4 Å². The number of nitrogens with zero attached hydrogens (tertiary/aromatic N) is 1. The molecule has 1 N–H and O–H groups in total. The van der Waals surface area contributed by atoms with Gasteiger partial charge in [0.05, 0.1) is 5.92 Å². The van der Waals surface area contributed by atoms with Gasteiger partial charge in [-0.05, 0) is 24.5 Å². The van der Waals surface area contributed by atoms with Crippen molar-refractivity contribution in [3.05, 3.63) is 45.6 Å². The van der Waals surface area contributed by atoms with Crippen LogP contribution in [-0.2, 0) is 0 Å². The Bertz CT molecular complexity index is 589. The maximum absolute atomic E-state index is 10.9. The van der Waals surface area contributed by atoms with Crippen molar-refractivity contribution in [2.24, 2.45) is 0 Å². The molecule has 1 heterocycles. The third-order valence-electron chi connectivity index (χ3n) is 3.92. The van der Waals surface area contributed by atoms with Gasteiger partial charge in [0, 0.05) is 22.0 Å². The Hall–Kier alpha value is -1.84. The quantitative estimate of drug-likeness (QED) is 0.461. The minimum absolute atomic E-state index is 0.00657. The minimum Gasteiger partial charge on any atom is -0.361 e. The van der Waals surface area contributed by atoms with Crippen LogP contribution in [-0.4, -0.2) is 16.5 Å². The highest BCUT2D eigenvalue weighted by Crippen LogP contribution is 2.30. The number of aromatic amines is 1. The van der Waals surface area contributed by atoms with Gasteiger partial charge >= 0.3 is 0 Å². The fourth-order valence-corrected chi connectivity index (χ4v) is 2.83. The molecule has 2 aromatic rings. The van der Waals surface area contributed by atoms with Gasteiger partial charge in [0.15, 0.2) is 0 Å². The van der Waals surface area contributed by atoms with E-state index in [-0.39, 0.29) is 17.4 Å². The van der Waals surface area contributed by atoms with Gasteiger partial charge in [0.1, 0.15) is 0 Å². The Morgan fingerprint density at radius 1 is 1.35 bits per heavy atom. The average Bonchev–Trinajstić information content (AvgIpc) is 2.83. The van der Waals surface area contributed by atoms with Crippen molar-refractivity contribution in [1.29, 1.82) is 0 Å². The summed E-state index contributed by atoms with van der Waals surface area (Å²) in [5.74, 6) is 0.00657. The zero-order valence-electron chi connectivity index (χ0n) is 12.2. The molecule has 0 aliphatic carbocycles. The molecule has 2 rings (SSSR count). The van der Waals surface area contributed by atoms with Gasteiger partial charge in [0.2, 0.25) is 6.54 Å². The van der Waals surface area contributed by atoms with E-state index in [2.05, 4.69) is 31.0 Å². The topological polar surface area (TPSA) is 58.9 Å². The first-order chi connectivity index (χ1) is 9.63. The molecule has 4 heteroatoms. The van der Waals surface area contributed by atoms with E-state index in [4.69, 9.17) is 0 Å². The minimum atomic E-state index is -0.189. The molecule has 0 bridgehead atoms. The lowest BCUT2D eigenvalue weighted by molar-refractivity contribution is -0.483. The van der Waals surface area contributed by atoms with E-state index in [0.29, 0.717) is 0 Å². The van der Waals surface area contributed by atoms with Crippen LogP contribution in [0.4, 0.5) is 0 Å². The summed E-state index contributed by atoms with van der Waals surface area (Å²) in [7, 11) is 0. The second-order valence-corrected chi connectivity index (χ2v) is 5.45. The first-order valence-electron chi connectivity index (χ1n) is 7.32. The summed E-state index contributed by atoms with van der Waals surface area (Å²) in [5.41, 5.74) is 3.38. The second-order valence-electron chi connectivity index (χ2n) is 5.45. The molecule has 108 valence electrons. The number of benzene rings is 1. The van der Waals surface area contributed by atoms with E-state index in [1.54, 1.807) is 0 Å². The number of hydrogen-bond acceptors (Lipinski definition) is 2. The summed E-state index contributed by atoms with van der Waals surface area (Å²) in [6, 6.07) is 6.13. The molecule has 1 aromatic heterocycles. The van der Waals surface area contributed by atoms with Crippen molar-refractivity contribution in [3.63, 3.8) is 0 Å². The maximum atomic E-state index is 10.9. The van der Waals surface area contributed by atoms with Gasteiger partial charge in [-0.25, -0.2) is 0 Å². The monoisotopic (exact) mass is 274 g/mol. The van der Waals surface area contributed by atoms with Crippen LogP contribution >= 0.6 is 0 Å². The molecule has 1 atom stereocenters. The van der Waals surface area contributed by atoms with Gasteiger partial charge in [0.25, 0.3) is 0 Å². The van der Waals surface area contributed by atoms with Gasteiger partial charge in [-0.2, -0.15) is 0 Å². The number of nitro groups is 1. The van der Waals surface area contributed by atoms with Crippen molar-refractivity contribution < 1.29 is 4.92 Å². The predicted octanol–water partition coefficient (Wildman–Crippen LogP) is 4.42. The standard InChI is InChI=1S/C16H22N2O2/c1-3-4-5-8-13(11-18(19)20)15-10-17-16-12(2)7-6-9-14(15)16/h6-7,9-10,13,17H,3-5,8,11H2,1-2H3/t13-/m1/s1. The van der Waals surface area contributed by atoms with Crippen molar-refractivity contribution in [2.75, 3.05) is 6.54 Å². The number of rotatable bonds is 7. The highest BCUT2D eigenvalue weighted by molar-refractivity contribution is 5.86. The van der Waals surface area contributed by atoms with E-state index in [9.17, 15) is 10.1 Å². The van der Waals surface area contributed by atoms with Gasteiger partial charge in [-0.3, -0.25) is 10.1 Å². The Labute approximate surface area is 119 Å². The molecule has 0 radical (unpaired) electrons. The number of para-hydroxylation sites is 1. The second kappa shape index (κ2) is 6.55. The maximum Gasteiger partial charge on any atom is 0.210 e. The van der Waals surface area contributed by atoms with Gasteiger partial charge in [-0.1, -0.05) is 44.4 Å². The van der Waals surface area contributed by atoms with Crippen LogP contribution in [0.3, 0.4) is 0 Å². The predicted molar refractivity (Wildman–Crippen MR) is 81.8 cm³/mol. The van der Waals surface area contributed by atoms with E-state index in [1.165, 1.54) is 5.56 Å². The van der Waals surface area contributed by atoms with Gasteiger partial charge < -0.3 is 4.98 Å². The average molecular weight is 274 g/mol. The number of fused-ring (bicyclic) bond motifs is 1. The number of aryl methyl sites for hydroxylation is 1. The summed E-state index contributed by atoms with van der Waals surface area (Å²) < 4.78 is 0. The highest BCUT2D eigenvalue weighted by atomic mass is 16.6. The summed E-state index contributed by atoms with van der Waals surface area (Å²) in [6.45, 7) is 4.23. The Morgan fingerprint density at radius 3 is 2.85 bits per heavy atom. The lowest BCUT2D eigenvalue weighted by Gasteiger charge is -2.12. The molecule has 0 unspecified atom stereocenters. The number of H-pyrrole nitrogens is 1. The van der Waals surface area contributed by atoms with Crippen LogP contribution in [0.25, 0.3) is 10.9 Å². The summed E-state index contributed by atoms with van der Waals surface area (Å²) in [6.07, 6.45) is 6.16. The van der Waals surface area contributed by atoms with E-state index in [1.807, 2.05) is 12.3 Å². The van der Waals surface area contributed by atoms with Crippen molar-refractivity contribution in [1.82, 2.24) is 4.98 Å². The summed E-state index contributed by atoms with van der Waals surface area (Å²) in [4.78, 5) is 14.0. The van der Waals surface area contributed by atoms with Crippen LogP contribution in [0.1, 0.15) is 49.7 Å². The smallest absolute Gasteiger partial charge is 0.210 e. The molecule has 0 amide bonds. The third kappa shape index (κ3) is 3.18. The molecule has 0 saturated heterocycles. The molecule has 0 aliphatic rings. The molecule has 20 heavy (non-hydrogen) atoms. The fraction of sp³-hybridized carbons (Fsp3) is 0.500. The SMILES string of the molecule is CCCCC[C@H](C[N+](=O)[O-])c1c[nH]c2c(C)cccc12. The largest absolute Gasteiger partial charge is 0.361 e. The van der Waals surface area contributed by atoms with Crippen LogP contribution in [0.2, 0.25) is 0 Å². The van der Waals surface area contributed by atoms with Crippen LogP contribution in [0.5, 0.6) is 0 Å². The molecule has 0 aliphatic heterocycles. The zero-order chi connectivity index (χ0) is 14.5. The molecule has 1 aromatic carbocycles. The number of unbranched alkanes of at least 4 members (excludes halogenated alkanes) is 2. The van der Waals surface area contributed by atoms with E-state index >= 15 is 0 Å². The Kier molecular flexibility index (Phi) is 4.77. The lowest BCUT2D eigenvalue weighted by atomic mass is 9.92. The molecule has 4 nitrogen and oxygen atoms in total.